The van der Waals surface area contributed by atoms with Crippen LogP contribution >= 0.6 is 0 Å². The average molecular weight is 549 g/mol. The smallest absolute Gasteiger partial charge is 0.257 e. The Bertz CT molecular complexity index is 1520. The second-order valence-electron chi connectivity index (χ2n) is 12.5. The number of rotatable bonds is 6. The molecule has 7 rings (SSSR count). The molecule has 3 aromatic carbocycles. The molecule has 1 N–H and O–H groups in total. The fourth-order valence-corrected chi connectivity index (χ4v) is 8.23. The summed E-state index contributed by atoms with van der Waals surface area (Å²) in [7, 11) is 0. The quantitative estimate of drug-likeness (QED) is 0.300. The Morgan fingerprint density at radius 3 is 2.27 bits per heavy atom. The highest BCUT2D eigenvalue weighted by molar-refractivity contribution is 5.96. The SMILES string of the molecule is Cc1nc2ccccc2n1C1CC2CCC(C1)N2CCC1(c2ccccc2)CCN(C(=O)c2ccccc2O)CC1. The van der Waals surface area contributed by atoms with Gasteiger partial charge in [0.2, 0.25) is 0 Å². The molecule has 0 saturated carbocycles. The van der Waals surface area contributed by atoms with Crippen LogP contribution in [0.25, 0.3) is 11.0 Å². The van der Waals surface area contributed by atoms with E-state index in [-0.39, 0.29) is 17.1 Å². The normalized spacial score (nSPS) is 24.1. The van der Waals surface area contributed by atoms with Crippen LogP contribution in [0.4, 0.5) is 0 Å². The van der Waals surface area contributed by atoms with Crippen molar-refractivity contribution in [2.24, 2.45) is 0 Å². The monoisotopic (exact) mass is 548 g/mol. The minimum Gasteiger partial charge on any atom is -0.507 e. The number of nitrogens with zero attached hydrogens (tertiary/aromatic N) is 4. The van der Waals surface area contributed by atoms with Crippen molar-refractivity contribution in [3.63, 3.8) is 0 Å². The second-order valence-corrected chi connectivity index (χ2v) is 12.5. The zero-order chi connectivity index (χ0) is 28.0. The summed E-state index contributed by atoms with van der Waals surface area (Å²) in [5.74, 6) is 1.14. The number of para-hydroxylation sites is 3. The first-order valence-electron chi connectivity index (χ1n) is 15.3. The van der Waals surface area contributed by atoms with E-state index in [9.17, 15) is 9.90 Å². The summed E-state index contributed by atoms with van der Waals surface area (Å²) in [4.78, 5) is 22.9. The van der Waals surface area contributed by atoms with Gasteiger partial charge in [0.05, 0.1) is 16.6 Å². The fourth-order valence-electron chi connectivity index (χ4n) is 8.23. The third kappa shape index (κ3) is 4.72. The van der Waals surface area contributed by atoms with Gasteiger partial charge in [0.15, 0.2) is 0 Å². The Morgan fingerprint density at radius 2 is 1.54 bits per heavy atom. The number of aromatic nitrogens is 2. The number of likely N-dealkylation sites (tertiary alicyclic amines) is 1. The van der Waals surface area contributed by atoms with Crippen molar-refractivity contribution in [3.8, 4) is 5.75 Å². The maximum absolute atomic E-state index is 13.3. The van der Waals surface area contributed by atoms with Crippen molar-refractivity contribution in [1.29, 1.82) is 0 Å². The molecule has 6 nitrogen and oxygen atoms in total. The summed E-state index contributed by atoms with van der Waals surface area (Å²) >= 11 is 0. The predicted octanol–water partition coefficient (Wildman–Crippen LogP) is 6.48. The lowest BCUT2D eigenvalue weighted by atomic mass is 9.70. The van der Waals surface area contributed by atoms with Crippen LogP contribution in [0.3, 0.4) is 0 Å². The van der Waals surface area contributed by atoms with Gasteiger partial charge in [-0.2, -0.15) is 0 Å². The predicted molar refractivity (Wildman–Crippen MR) is 162 cm³/mol. The zero-order valence-electron chi connectivity index (χ0n) is 24.0. The lowest BCUT2D eigenvalue weighted by molar-refractivity contribution is 0.0604. The third-order valence-electron chi connectivity index (χ3n) is 10.4. The molecule has 3 aliphatic heterocycles. The molecular weight excluding hydrogens is 508 g/mol. The number of phenolic OH excluding ortho intramolecular Hbond substituents is 1. The van der Waals surface area contributed by atoms with E-state index in [2.05, 4.69) is 71.0 Å². The van der Waals surface area contributed by atoms with E-state index in [1.165, 1.54) is 36.8 Å². The highest BCUT2D eigenvalue weighted by Crippen LogP contribution is 2.45. The molecule has 0 aliphatic carbocycles. The molecule has 0 radical (unpaired) electrons. The summed E-state index contributed by atoms with van der Waals surface area (Å²) in [5.41, 5.74) is 4.25. The molecule has 41 heavy (non-hydrogen) atoms. The standard InChI is InChI=1S/C35H40N4O2/c1-25-36-31-12-6-7-13-32(31)39(25)29-23-27-15-16-28(24-29)38(27)22-19-35(26-9-3-2-4-10-26)17-20-37(21-18-35)34(41)30-11-5-8-14-33(30)40/h2-14,27-29,40H,15-24H2,1H3. The Hall–Kier alpha value is -3.64. The number of piperidine rings is 2. The molecule has 1 aromatic heterocycles. The number of hydrogen-bond acceptors (Lipinski definition) is 4. The molecular formula is C35H40N4O2. The van der Waals surface area contributed by atoms with Gasteiger partial charge in [-0.3, -0.25) is 9.69 Å². The number of hydrogen-bond donors (Lipinski definition) is 1. The maximum Gasteiger partial charge on any atom is 0.257 e. The summed E-state index contributed by atoms with van der Waals surface area (Å²) < 4.78 is 2.51. The number of phenols is 1. The van der Waals surface area contributed by atoms with Gasteiger partial charge >= 0.3 is 0 Å². The summed E-state index contributed by atoms with van der Waals surface area (Å²) in [5, 5.41) is 10.3. The first kappa shape index (κ1) is 26.3. The molecule has 2 unspecified atom stereocenters. The minimum atomic E-state index is -0.0628. The number of amides is 1. The van der Waals surface area contributed by atoms with E-state index in [0.29, 0.717) is 36.8 Å². The zero-order valence-corrected chi connectivity index (χ0v) is 24.0. The Balaban J connectivity index is 1.07. The first-order valence-corrected chi connectivity index (χ1v) is 15.3. The Morgan fingerprint density at radius 1 is 0.878 bits per heavy atom. The lowest BCUT2D eigenvalue weighted by Crippen LogP contribution is -2.49. The number of carbonyl (C=O) groups is 1. The van der Waals surface area contributed by atoms with Crippen LogP contribution in [0.2, 0.25) is 0 Å². The first-order chi connectivity index (χ1) is 20.0. The largest absolute Gasteiger partial charge is 0.507 e. The van der Waals surface area contributed by atoms with Crippen LogP contribution in [0.1, 0.15) is 72.7 Å². The van der Waals surface area contributed by atoms with E-state index in [4.69, 9.17) is 4.98 Å². The summed E-state index contributed by atoms with van der Waals surface area (Å²) in [6.45, 7) is 4.69. The molecule has 3 aliphatic rings. The lowest BCUT2D eigenvalue weighted by Gasteiger charge is -2.45. The molecule has 2 atom stereocenters. The van der Waals surface area contributed by atoms with Crippen molar-refractivity contribution >= 4 is 16.9 Å². The molecule has 1 amide bonds. The third-order valence-corrected chi connectivity index (χ3v) is 10.4. The van der Waals surface area contributed by atoms with Gasteiger partial charge in [-0.1, -0.05) is 54.6 Å². The van der Waals surface area contributed by atoms with Crippen molar-refractivity contribution in [3.05, 3.63) is 95.8 Å². The molecule has 212 valence electrons. The second kappa shape index (κ2) is 10.6. The average Bonchev–Trinajstić information content (AvgIpc) is 3.47. The fraction of sp³-hybridized carbons (Fsp3) is 0.429. The van der Waals surface area contributed by atoms with Crippen LogP contribution in [-0.2, 0) is 5.41 Å². The molecule has 2 bridgehead atoms. The molecule has 4 heterocycles. The van der Waals surface area contributed by atoms with E-state index in [1.807, 2.05) is 11.0 Å². The minimum absolute atomic E-state index is 0.0597. The Labute approximate surface area is 242 Å². The topological polar surface area (TPSA) is 61.6 Å². The van der Waals surface area contributed by atoms with E-state index < -0.39 is 0 Å². The van der Waals surface area contributed by atoms with Crippen molar-refractivity contribution < 1.29 is 9.90 Å². The van der Waals surface area contributed by atoms with Gasteiger partial charge in [-0.15, -0.1) is 0 Å². The number of aryl methyl sites for hydroxylation is 1. The van der Waals surface area contributed by atoms with E-state index in [0.717, 1.165) is 37.1 Å². The highest BCUT2D eigenvalue weighted by Gasteiger charge is 2.44. The molecule has 3 fully saturated rings. The van der Waals surface area contributed by atoms with Crippen LogP contribution < -0.4 is 0 Å². The number of imidazole rings is 1. The van der Waals surface area contributed by atoms with Gasteiger partial charge in [0.1, 0.15) is 11.6 Å². The Kier molecular flexibility index (Phi) is 6.82. The molecule has 3 saturated heterocycles. The van der Waals surface area contributed by atoms with Gasteiger partial charge in [-0.05, 0) is 93.7 Å². The number of fused-ring (bicyclic) bond motifs is 3. The van der Waals surface area contributed by atoms with E-state index >= 15 is 0 Å². The highest BCUT2D eigenvalue weighted by atomic mass is 16.3. The van der Waals surface area contributed by atoms with Crippen LogP contribution in [0.5, 0.6) is 5.75 Å². The van der Waals surface area contributed by atoms with Crippen LogP contribution in [0.15, 0.2) is 78.9 Å². The van der Waals surface area contributed by atoms with Crippen molar-refractivity contribution in [2.45, 2.75) is 75.4 Å². The van der Waals surface area contributed by atoms with Crippen molar-refractivity contribution in [1.82, 2.24) is 19.4 Å². The van der Waals surface area contributed by atoms with Gasteiger partial charge in [0.25, 0.3) is 5.91 Å². The molecule has 0 spiro atoms. The van der Waals surface area contributed by atoms with Gasteiger partial charge < -0.3 is 14.6 Å². The van der Waals surface area contributed by atoms with Gasteiger partial charge in [-0.25, -0.2) is 4.98 Å². The summed E-state index contributed by atoms with van der Waals surface area (Å²) in [6.07, 6.45) is 7.96. The number of aromatic hydroxyl groups is 1. The number of carbonyl (C=O) groups excluding carboxylic acids is 1. The van der Waals surface area contributed by atoms with Crippen molar-refractivity contribution in [2.75, 3.05) is 19.6 Å². The summed E-state index contributed by atoms with van der Waals surface area (Å²) in [6, 6.07) is 28.2. The molecule has 4 aromatic rings. The van der Waals surface area contributed by atoms with Gasteiger partial charge in [0, 0.05) is 31.2 Å². The van der Waals surface area contributed by atoms with Crippen LogP contribution in [-0.4, -0.2) is 62.1 Å². The number of benzene rings is 3. The molecule has 6 heteroatoms. The van der Waals surface area contributed by atoms with Crippen LogP contribution in [0, 0.1) is 6.92 Å². The van der Waals surface area contributed by atoms with E-state index in [1.54, 1.807) is 18.2 Å². The maximum atomic E-state index is 13.3.